The minimum Gasteiger partial charge on any atom is -0.309 e. The van der Waals surface area contributed by atoms with Crippen LogP contribution in [0.1, 0.15) is 0 Å². The van der Waals surface area contributed by atoms with Crippen LogP contribution in [0.5, 0.6) is 0 Å². The largest absolute Gasteiger partial charge is 0.309 e. The molecule has 12 aromatic rings. The second kappa shape index (κ2) is 12.6. The Balaban J connectivity index is 0.992. The smallest absolute Gasteiger partial charge is 0.162 e. The van der Waals surface area contributed by atoms with Crippen LogP contribution in [0.15, 0.2) is 194 Å². The van der Waals surface area contributed by atoms with E-state index in [4.69, 9.17) is 9.97 Å². The number of hydrogen-bond acceptors (Lipinski definition) is 3. The zero-order valence-corrected chi connectivity index (χ0v) is 31.5. The van der Waals surface area contributed by atoms with Crippen molar-refractivity contribution in [1.29, 1.82) is 0 Å². The third-order valence-corrected chi connectivity index (χ3v) is 12.6. The van der Waals surface area contributed by atoms with Gasteiger partial charge < -0.3 is 4.57 Å². The molecule has 0 saturated carbocycles. The van der Waals surface area contributed by atoms with Crippen molar-refractivity contribution < 1.29 is 0 Å². The van der Waals surface area contributed by atoms with Crippen molar-refractivity contribution in [2.45, 2.75) is 0 Å². The van der Waals surface area contributed by atoms with Crippen LogP contribution in [-0.2, 0) is 0 Å². The lowest BCUT2D eigenvalue weighted by atomic mass is 10.0. The molecule has 0 unspecified atom stereocenters. The summed E-state index contributed by atoms with van der Waals surface area (Å²) in [6.07, 6.45) is 0. The van der Waals surface area contributed by atoms with Gasteiger partial charge >= 0.3 is 0 Å². The Morgan fingerprint density at radius 2 is 0.982 bits per heavy atom. The molecular weight excluding hydrogens is 713 g/mol. The summed E-state index contributed by atoms with van der Waals surface area (Å²) in [6.45, 7) is 0. The molecule has 8 aromatic carbocycles. The predicted molar refractivity (Wildman–Crippen MR) is 240 cm³/mol. The number of nitrogens with zero attached hydrogens (tertiary/aromatic N) is 4. The van der Waals surface area contributed by atoms with Crippen molar-refractivity contribution in [1.82, 2.24) is 19.1 Å². The van der Waals surface area contributed by atoms with Gasteiger partial charge in [-0.1, -0.05) is 140 Å². The van der Waals surface area contributed by atoms with E-state index >= 15 is 0 Å². The molecular formula is C52H32N4S. The SMILES string of the molecule is c1ccc(-c2cc(-n3c4ccccc4c4cc(-c5ccc(-n6c7ccccc7c7c8sc9ccccc9c8ccc76)cc5)ccc43)nc(-c3ccccc3)n2)cc1. The van der Waals surface area contributed by atoms with E-state index in [9.17, 15) is 0 Å². The first kappa shape index (κ1) is 32.0. The standard InChI is InChI=1S/C52H32N4S/c1-3-13-34(14-4-1)43-32-49(54-52(53-43)35-15-5-2-6-16-35)56-44-20-10-7-17-38(44)42-31-36(25-29-46(42)56)33-23-26-37(27-24-33)55-45-21-11-8-19-41(45)50-47(55)30-28-40-39-18-9-12-22-48(39)57-51(40)50/h1-32H. The molecule has 0 spiro atoms. The Labute approximate surface area is 332 Å². The first-order chi connectivity index (χ1) is 28.3. The van der Waals surface area contributed by atoms with Gasteiger partial charge in [-0.25, -0.2) is 9.97 Å². The van der Waals surface area contributed by atoms with Crippen molar-refractivity contribution >= 4 is 75.1 Å². The number of fused-ring (bicyclic) bond motifs is 10. The van der Waals surface area contributed by atoms with Gasteiger partial charge in [0.1, 0.15) is 5.82 Å². The topological polar surface area (TPSA) is 35.6 Å². The summed E-state index contributed by atoms with van der Waals surface area (Å²) in [7, 11) is 0. The molecule has 4 aromatic heterocycles. The molecule has 0 aliphatic rings. The maximum atomic E-state index is 5.21. The van der Waals surface area contributed by atoms with Crippen molar-refractivity contribution in [2.24, 2.45) is 0 Å². The van der Waals surface area contributed by atoms with Gasteiger partial charge in [0.2, 0.25) is 0 Å². The van der Waals surface area contributed by atoms with Crippen LogP contribution < -0.4 is 0 Å². The Morgan fingerprint density at radius 1 is 0.368 bits per heavy atom. The Morgan fingerprint density at radius 3 is 1.77 bits per heavy atom. The predicted octanol–water partition coefficient (Wildman–Crippen LogP) is 14.0. The molecule has 0 atom stereocenters. The third-order valence-electron chi connectivity index (χ3n) is 11.4. The molecule has 0 fully saturated rings. The fraction of sp³-hybridized carbons (Fsp3) is 0. The van der Waals surface area contributed by atoms with Gasteiger partial charge in [-0.15, -0.1) is 11.3 Å². The molecule has 0 N–H and O–H groups in total. The average Bonchev–Trinajstić information content (AvgIpc) is 3.94. The van der Waals surface area contributed by atoms with Crippen molar-refractivity contribution in [3.63, 3.8) is 0 Å². The Hall–Kier alpha value is -7.34. The van der Waals surface area contributed by atoms with Crippen LogP contribution in [0.25, 0.3) is 109 Å². The van der Waals surface area contributed by atoms with Crippen molar-refractivity contribution in [3.05, 3.63) is 194 Å². The lowest BCUT2D eigenvalue weighted by Crippen LogP contribution is -2.02. The van der Waals surface area contributed by atoms with Crippen molar-refractivity contribution in [3.8, 4) is 45.3 Å². The third kappa shape index (κ3) is 4.99. The van der Waals surface area contributed by atoms with Crippen LogP contribution in [-0.4, -0.2) is 19.1 Å². The molecule has 0 amide bonds. The summed E-state index contributed by atoms with van der Waals surface area (Å²) in [5.74, 6) is 1.54. The van der Waals surface area contributed by atoms with E-state index in [1.54, 1.807) is 0 Å². The highest BCUT2D eigenvalue weighted by Gasteiger charge is 2.19. The fourth-order valence-electron chi connectivity index (χ4n) is 8.74. The molecule has 0 bridgehead atoms. The Kier molecular flexibility index (Phi) is 7.06. The van der Waals surface area contributed by atoms with Crippen LogP contribution in [0.4, 0.5) is 0 Å². The van der Waals surface area contributed by atoms with E-state index in [1.807, 2.05) is 35.6 Å². The lowest BCUT2D eigenvalue weighted by molar-refractivity contribution is 1.05. The van der Waals surface area contributed by atoms with Gasteiger partial charge in [0.05, 0.1) is 27.8 Å². The summed E-state index contributed by atoms with van der Waals surface area (Å²) in [6, 6.07) is 69.4. The van der Waals surface area contributed by atoms with Crippen LogP contribution in [0, 0.1) is 0 Å². The number of hydrogen-bond donors (Lipinski definition) is 0. The van der Waals surface area contributed by atoms with E-state index in [-0.39, 0.29) is 0 Å². The van der Waals surface area contributed by atoms with E-state index in [2.05, 4.69) is 179 Å². The number of benzene rings is 8. The number of aromatic nitrogens is 4. The van der Waals surface area contributed by atoms with Gasteiger partial charge in [-0.3, -0.25) is 4.57 Å². The molecule has 4 heterocycles. The highest BCUT2D eigenvalue weighted by molar-refractivity contribution is 7.26. The van der Waals surface area contributed by atoms with Crippen LogP contribution in [0.2, 0.25) is 0 Å². The average molecular weight is 745 g/mol. The highest BCUT2D eigenvalue weighted by Crippen LogP contribution is 2.43. The fourth-order valence-corrected chi connectivity index (χ4v) is 10.00. The van der Waals surface area contributed by atoms with Crippen molar-refractivity contribution in [2.75, 3.05) is 0 Å². The first-order valence-electron chi connectivity index (χ1n) is 19.2. The molecule has 5 heteroatoms. The molecule has 4 nitrogen and oxygen atoms in total. The second-order valence-corrected chi connectivity index (χ2v) is 15.6. The second-order valence-electron chi connectivity index (χ2n) is 14.6. The van der Waals surface area contributed by atoms with E-state index in [0.29, 0.717) is 5.82 Å². The number of thiophene rings is 1. The molecule has 12 rings (SSSR count). The van der Waals surface area contributed by atoms with Gasteiger partial charge in [-0.2, -0.15) is 0 Å². The summed E-state index contributed by atoms with van der Waals surface area (Å²) >= 11 is 1.89. The molecule has 0 radical (unpaired) electrons. The van der Waals surface area contributed by atoms with E-state index in [0.717, 1.165) is 39.4 Å². The molecule has 266 valence electrons. The molecule has 0 aliphatic carbocycles. The summed E-state index contributed by atoms with van der Waals surface area (Å²) in [5.41, 5.74) is 11.1. The molecule has 57 heavy (non-hydrogen) atoms. The quantitative estimate of drug-likeness (QED) is 0.176. The van der Waals surface area contributed by atoms with Crippen LogP contribution >= 0.6 is 11.3 Å². The maximum Gasteiger partial charge on any atom is 0.162 e. The molecule has 0 saturated heterocycles. The van der Waals surface area contributed by atoms with Gasteiger partial charge in [-0.05, 0) is 59.7 Å². The summed E-state index contributed by atoms with van der Waals surface area (Å²) in [5, 5.41) is 7.63. The van der Waals surface area contributed by atoms with Gasteiger partial charge in [0.25, 0.3) is 0 Å². The minimum atomic E-state index is 0.700. The summed E-state index contributed by atoms with van der Waals surface area (Å²) in [4.78, 5) is 10.3. The number of rotatable bonds is 5. The first-order valence-corrected chi connectivity index (χ1v) is 20.1. The Bertz CT molecular complexity index is 3450. The monoisotopic (exact) mass is 744 g/mol. The minimum absolute atomic E-state index is 0.700. The lowest BCUT2D eigenvalue weighted by Gasteiger charge is -2.12. The zero-order valence-electron chi connectivity index (χ0n) is 30.7. The van der Waals surface area contributed by atoms with Gasteiger partial charge in [0, 0.05) is 64.6 Å². The van der Waals surface area contributed by atoms with E-state index in [1.165, 1.54) is 63.9 Å². The normalized spacial score (nSPS) is 11.9. The number of para-hydroxylation sites is 2. The summed E-state index contributed by atoms with van der Waals surface area (Å²) < 4.78 is 7.38. The molecule has 0 aliphatic heterocycles. The highest BCUT2D eigenvalue weighted by atomic mass is 32.1. The maximum absolute atomic E-state index is 5.21. The van der Waals surface area contributed by atoms with Gasteiger partial charge in [0.15, 0.2) is 5.82 Å². The van der Waals surface area contributed by atoms with E-state index < -0.39 is 0 Å². The zero-order chi connectivity index (χ0) is 37.5. The van der Waals surface area contributed by atoms with Crippen LogP contribution in [0.3, 0.4) is 0 Å².